The van der Waals surface area contributed by atoms with Gasteiger partial charge in [-0.1, -0.05) is 0 Å². The molecule has 0 amide bonds. The molecule has 0 saturated heterocycles. The second-order valence-corrected chi connectivity index (χ2v) is 4.41. The van der Waals surface area contributed by atoms with Crippen molar-refractivity contribution in [2.24, 2.45) is 7.05 Å². The van der Waals surface area contributed by atoms with Crippen LogP contribution in [0.3, 0.4) is 0 Å². The van der Waals surface area contributed by atoms with Crippen LogP contribution in [0.1, 0.15) is 16.1 Å². The molecule has 0 aliphatic heterocycles. The van der Waals surface area contributed by atoms with E-state index in [1.165, 1.54) is 7.11 Å². The van der Waals surface area contributed by atoms with E-state index in [-0.39, 0.29) is 0 Å². The molecule has 2 rings (SSSR count). The van der Waals surface area contributed by atoms with Crippen molar-refractivity contribution in [1.29, 1.82) is 0 Å². The van der Waals surface area contributed by atoms with Gasteiger partial charge in [0.2, 0.25) is 11.4 Å². The number of methoxy groups -OCH3 is 2. The Balaban J connectivity index is 2.66. The predicted molar refractivity (Wildman–Crippen MR) is 73.5 cm³/mol. The van der Waals surface area contributed by atoms with Gasteiger partial charge >= 0.3 is 5.97 Å². The Morgan fingerprint density at radius 3 is 2.65 bits per heavy atom. The highest BCUT2D eigenvalue weighted by Gasteiger charge is 2.25. The summed E-state index contributed by atoms with van der Waals surface area (Å²) in [6.07, 6.45) is 3.38. The summed E-state index contributed by atoms with van der Waals surface area (Å²) < 4.78 is 11.9. The third-order valence-corrected chi connectivity index (χ3v) is 3.14. The first-order valence-electron chi connectivity index (χ1n) is 6.16. The molecule has 0 atom stereocenters. The minimum Gasteiger partial charge on any atom is -0.497 e. The first-order chi connectivity index (χ1) is 9.58. The van der Waals surface area contributed by atoms with Crippen LogP contribution >= 0.6 is 0 Å². The van der Waals surface area contributed by atoms with Crippen LogP contribution in [0.25, 0.3) is 11.3 Å². The molecule has 1 aromatic heterocycles. The fourth-order valence-electron chi connectivity index (χ4n) is 2.10. The van der Waals surface area contributed by atoms with Gasteiger partial charge in [0.15, 0.2) is 6.20 Å². The number of nitrogens with zero attached hydrogens (tertiary/aromatic N) is 2. The molecule has 2 aromatic rings. The quantitative estimate of drug-likeness (QED) is 0.630. The van der Waals surface area contributed by atoms with Crippen LogP contribution in [0.4, 0.5) is 0 Å². The third kappa shape index (κ3) is 2.47. The topological polar surface area (TPSA) is 52.3 Å². The zero-order valence-corrected chi connectivity index (χ0v) is 12.0. The van der Waals surface area contributed by atoms with E-state index in [1.807, 2.05) is 36.7 Å². The smallest absolute Gasteiger partial charge is 0.363 e. The summed E-state index contributed by atoms with van der Waals surface area (Å²) in [5, 5.41) is 0. The number of aryl methyl sites for hydroxylation is 2. The lowest BCUT2D eigenvalue weighted by Crippen LogP contribution is -2.33. The van der Waals surface area contributed by atoms with Gasteiger partial charge in [-0.15, -0.1) is 0 Å². The third-order valence-electron chi connectivity index (χ3n) is 3.14. The lowest BCUT2D eigenvalue weighted by atomic mass is 10.0. The van der Waals surface area contributed by atoms with Gasteiger partial charge in [0.05, 0.1) is 26.0 Å². The van der Waals surface area contributed by atoms with E-state index < -0.39 is 5.97 Å². The second-order valence-electron chi connectivity index (χ2n) is 4.41. The molecule has 5 heteroatoms. The number of aromatic nitrogens is 2. The molecular weight excluding hydrogens is 256 g/mol. The van der Waals surface area contributed by atoms with Crippen molar-refractivity contribution < 1.29 is 18.8 Å². The van der Waals surface area contributed by atoms with Crippen LogP contribution in [0, 0.1) is 6.92 Å². The van der Waals surface area contributed by atoms with Crippen LogP contribution in [0.5, 0.6) is 5.75 Å². The van der Waals surface area contributed by atoms with Crippen LogP contribution in [0.15, 0.2) is 30.6 Å². The number of ether oxygens (including phenoxy) is 2. The molecule has 0 unspecified atom stereocenters. The van der Waals surface area contributed by atoms with E-state index in [4.69, 9.17) is 9.47 Å². The van der Waals surface area contributed by atoms with Crippen molar-refractivity contribution in [3.05, 3.63) is 41.9 Å². The summed E-state index contributed by atoms with van der Waals surface area (Å²) in [5.41, 5.74) is 2.94. The van der Waals surface area contributed by atoms with Crippen molar-refractivity contribution in [1.82, 2.24) is 4.98 Å². The summed E-state index contributed by atoms with van der Waals surface area (Å²) in [5.74, 6) is 0.323. The van der Waals surface area contributed by atoms with Crippen LogP contribution in [0.2, 0.25) is 0 Å². The normalized spacial score (nSPS) is 10.2. The van der Waals surface area contributed by atoms with Gasteiger partial charge in [0.1, 0.15) is 12.8 Å². The molecule has 20 heavy (non-hydrogen) atoms. The maximum Gasteiger partial charge on any atom is 0.363 e. The average molecular weight is 273 g/mol. The average Bonchev–Trinajstić information content (AvgIpc) is 2.46. The first kappa shape index (κ1) is 14.0. The van der Waals surface area contributed by atoms with Gasteiger partial charge in [-0.2, -0.15) is 4.57 Å². The van der Waals surface area contributed by atoms with E-state index in [2.05, 4.69) is 4.98 Å². The second kappa shape index (κ2) is 5.69. The number of carbonyl (C=O) groups is 1. The zero-order valence-electron chi connectivity index (χ0n) is 12.0. The van der Waals surface area contributed by atoms with E-state index in [0.29, 0.717) is 5.69 Å². The summed E-state index contributed by atoms with van der Waals surface area (Å²) in [6, 6.07) is 5.69. The van der Waals surface area contributed by atoms with Crippen molar-refractivity contribution in [2.45, 2.75) is 6.92 Å². The van der Waals surface area contributed by atoms with Crippen LogP contribution in [-0.2, 0) is 11.8 Å². The Bertz CT molecular complexity index is 654. The molecule has 0 spiro atoms. The Morgan fingerprint density at radius 1 is 1.30 bits per heavy atom. The zero-order chi connectivity index (χ0) is 14.7. The Hall–Kier alpha value is -2.43. The summed E-state index contributed by atoms with van der Waals surface area (Å²) >= 11 is 0. The highest BCUT2D eigenvalue weighted by molar-refractivity contribution is 5.93. The molecule has 0 saturated carbocycles. The minimum atomic E-state index is -0.452. The number of esters is 1. The Kier molecular flexibility index (Phi) is 3.98. The number of hydrogen-bond acceptors (Lipinski definition) is 4. The van der Waals surface area contributed by atoms with Crippen LogP contribution < -0.4 is 9.30 Å². The highest BCUT2D eigenvalue weighted by Crippen LogP contribution is 2.26. The van der Waals surface area contributed by atoms with Gasteiger partial charge in [0, 0.05) is 0 Å². The molecule has 0 aliphatic rings. The van der Waals surface area contributed by atoms with Gasteiger partial charge in [0.25, 0.3) is 0 Å². The monoisotopic (exact) mass is 273 g/mol. The predicted octanol–water partition coefficient (Wildman–Crippen LogP) is 1.68. The molecule has 104 valence electrons. The molecule has 1 heterocycles. The first-order valence-corrected chi connectivity index (χ1v) is 6.16. The lowest BCUT2D eigenvalue weighted by molar-refractivity contribution is -0.661. The number of carbonyl (C=O) groups excluding carboxylic acids is 1. The van der Waals surface area contributed by atoms with Crippen molar-refractivity contribution in [2.75, 3.05) is 14.2 Å². The van der Waals surface area contributed by atoms with Gasteiger partial charge in [-0.3, -0.25) is 0 Å². The molecule has 0 aliphatic carbocycles. The SMILES string of the molecule is COC(=O)c1ncc[n+](C)c1-c1ccc(OC)cc1C. The van der Waals surface area contributed by atoms with Crippen molar-refractivity contribution in [3.8, 4) is 17.0 Å². The molecular formula is C15H17N2O3+. The summed E-state index contributed by atoms with van der Waals surface area (Å²) in [4.78, 5) is 16.0. The molecule has 1 aromatic carbocycles. The largest absolute Gasteiger partial charge is 0.497 e. The Labute approximate surface area is 117 Å². The van der Waals surface area contributed by atoms with E-state index in [9.17, 15) is 4.79 Å². The van der Waals surface area contributed by atoms with Gasteiger partial charge < -0.3 is 9.47 Å². The van der Waals surface area contributed by atoms with E-state index >= 15 is 0 Å². The van der Waals surface area contributed by atoms with E-state index in [0.717, 1.165) is 22.6 Å². The van der Waals surface area contributed by atoms with Crippen LogP contribution in [-0.4, -0.2) is 25.2 Å². The molecule has 0 fully saturated rings. The molecule has 0 N–H and O–H groups in total. The number of rotatable bonds is 3. The van der Waals surface area contributed by atoms with Crippen molar-refractivity contribution >= 4 is 5.97 Å². The maximum absolute atomic E-state index is 11.9. The number of hydrogen-bond donors (Lipinski definition) is 0. The van der Waals surface area contributed by atoms with Gasteiger partial charge in [-0.05, 0) is 30.7 Å². The maximum atomic E-state index is 11.9. The molecule has 5 nitrogen and oxygen atoms in total. The standard InChI is InChI=1S/C15H17N2O3/c1-10-9-11(19-3)5-6-12(10)14-13(15(18)20-4)16-7-8-17(14)2/h5-9H,1-4H3/q+1. The fraction of sp³-hybridized carbons (Fsp3) is 0.267. The van der Waals surface area contributed by atoms with Crippen molar-refractivity contribution in [3.63, 3.8) is 0 Å². The Morgan fingerprint density at radius 2 is 2.05 bits per heavy atom. The fourth-order valence-corrected chi connectivity index (χ4v) is 2.10. The summed E-state index contributed by atoms with van der Waals surface area (Å²) in [7, 11) is 4.84. The van der Waals surface area contributed by atoms with Gasteiger partial charge in [-0.25, -0.2) is 9.78 Å². The summed E-state index contributed by atoms with van der Waals surface area (Å²) in [6.45, 7) is 1.96. The minimum absolute atomic E-state index is 0.297. The number of benzene rings is 1. The molecule has 0 bridgehead atoms. The van der Waals surface area contributed by atoms with E-state index in [1.54, 1.807) is 19.5 Å². The molecule has 0 radical (unpaired) electrons. The lowest BCUT2D eigenvalue weighted by Gasteiger charge is -2.09. The highest BCUT2D eigenvalue weighted by atomic mass is 16.5.